The summed E-state index contributed by atoms with van der Waals surface area (Å²) >= 11 is 3.48. The lowest BCUT2D eigenvalue weighted by Crippen LogP contribution is -2.18. The average molecular weight is 483 g/mol. The van der Waals surface area contributed by atoms with Crippen LogP contribution in [0.1, 0.15) is 24.2 Å². The van der Waals surface area contributed by atoms with Gasteiger partial charge in [0, 0.05) is 0 Å². The van der Waals surface area contributed by atoms with E-state index in [0.29, 0.717) is 17.9 Å². The molecule has 0 heterocycles. The number of hydrogen-bond donors (Lipinski definition) is 0. The van der Waals surface area contributed by atoms with Crippen molar-refractivity contribution in [2.75, 3.05) is 13.2 Å². The van der Waals surface area contributed by atoms with Crippen LogP contribution in [0.3, 0.4) is 0 Å². The van der Waals surface area contributed by atoms with E-state index in [-0.39, 0.29) is 18.3 Å². The summed E-state index contributed by atoms with van der Waals surface area (Å²) in [6, 6.07) is 21.9. The number of hydrogen-bond acceptors (Lipinski definition) is 5. The summed E-state index contributed by atoms with van der Waals surface area (Å²) in [5, 5.41) is 0. The van der Waals surface area contributed by atoms with Crippen molar-refractivity contribution in [3.63, 3.8) is 0 Å². The molecule has 5 nitrogen and oxygen atoms in total. The summed E-state index contributed by atoms with van der Waals surface area (Å²) in [6.45, 7) is 3.97. The van der Waals surface area contributed by atoms with Crippen LogP contribution in [-0.2, 0) is 9.53 Å². The van der Waals surface area contributed by atoms with Crippen LogP contribution in [0.2, 0.25) is 0 Å². The molecule has 0 radical (unpaired) electrons. The van der Waals surface area contributed by atoms with Gasteiger partial charge in [0.05, 0.1) is 16.6 Å². The Balaban J connectivity index is 1.57. The number of rotatable bonds is 8. The Bertz CT molecular complexity index is 1050. The number of benzene rings is 3. The summed E-state index contributed by atoms with van der Waals surface area (Å²) in [4.78, 5) is 24.3. The standard InChI is InChI=1S/C25H23BrO5/c1-17(2)15-30-25(28)20-9-6-10-21(13-20)31-24(27)16-29-23-12-11-19(14-22(23)26)18-7-4-3-5-8-18/h3-14,17H,15-16H2,1-2H3. The van der Waals surface area contributed by atoms with Gasteiger partial charge in [0.1, 0.15) is 11.5 Å². The maximum atomic E-state index is 12.2. The zero-order valence-electron chi connectivity index (χ0n) is 17.3. The highest BCUT2D eigenvalue weighted by Gasteiger charge is 2.13. The molecule has 0 amide bonds. The number of halogens is 1. The van der Waals surface area contributed by atoms with Gasteiger partial charge in [0.25, 0.3) is 0 Å². The lowest BCUT2D eigenvalue weighted by molar-refractivity contribution is -0.136. The molecule has 0 atom stereocenters. The molecule has 0 N–H and O–H groups in total. The fraction of sp³-hybridized carbons (Fsp3) is 0.200. The molecule has 0 aliphatic rings. The first-order valence-electron chi connectivity index (χ1n) is 9.88. The fourth-order valence-electron chi connectivity index (χ4n) is 2.74. The average Bonchev–Trinajstić information content (AvgIpc) is 2.77. The third-order valence-electron chi connectivity index (χ3n) is 4.23. The summed E-state index contributed by atoms with van der Waals surface area (Å²) in [5.41, 5.74) is 2.44. The van der Waals surface area contributed by atoms with Crippen LogP contribution in [0.25, 0.3) is 11.1 Å². The van der Waals surface area contributed by atoms with Crippen LogP contribution in [0.4, 0.5) is 0 Å². The van der Waals surface area contributed by atoms with Crippen LogP contribution >= 0.6 is 15.9 Å². The van der Waals surface area contributed by atoms with Crippen LogP contribution < -0.4 is 9.47 Å². The van der Waals surface area contributed by atoms with E-state index in [2.05, 4.69) is 15.9 Å². The second-order valence-electron chi connectivity index (χ2n) is 7.29. The molecule has 0 saturated carbocycles. The van der Waals surface area contributed by atoms with E-state index >= 15 is 0 Å². The van der Waals surface area contributed by atoms with E-state index in [1.165, 1.54) is 6.07 Å². The maximum absolute atomic E-state index is 12.2. The number of carbonyl (C=O) groups is 2. The van der Waals surface area contributed by atoms with Crippen molar-refractivity contribution in [2.24, 2.45) is 5.92 Å². The molecule has 0 saturated heterocycles. The number of esters is 2. The molecule has 160 valence electrons. The predicted octanol–water partition coefficient (Wildman–Crippen LogP) is 5.91. The molecule has 0 aliphatic heterocycles. The quantitative estimate of drug-likeness (QED) is 0.294. The van der Waals surface area contributed by atoms with Gasteiger partial charge in [-0.2, -0.15) is 0 Å². The van der Waals surface area contributed by atoms with Gasteiger partial charge in [-0.3, -0.25) is 0 Å². The van der Waals surface area contributed by atoms with E-state index in [1.54, 1.807) is 24.3 Å². The first-order valence-corrected chi connectivity index (χ1v) is 10.7. The Hall–Kier alpha value is -3.12. The Morgan fingerprint density at radius 3 is 2.39 bits per heavy atom. The molecular weight excluding hydrogens is 460 g/mol. The van der Waals surface area contributed by atoms with Crippen molar-refractivity contribution in [3.05, 3.63) is 82.8 Å². The molecule has 3 rings (SSSR count). The van der Waals surface area contributed by atoms with Gasteiger partial charge < -0.3 is 14.2 Å². The highest BCUT2D eigenvalue weighted by atomic mass is 79.9. The van der Waals surface area contributed by atoms with Crippen molar-refractivity contribution in [1.82, 2.24) is 0 Å². The molecule has 3 aromatic rings. The summed E-state index contributed by atoms with van der Waals surface area (Å²) in [5.74, 6) is -0.00561. The van der Waals surface area contributed by atoms with Crippen LogP contribution in [0, 0.1) is 5.92 Å². The minimum Gasteiger partial charge on any atom is -0.481 e. The highest BCUT2D eigenvalue weighted by molar-refractivity contribution is 9.10. The zero-order valence-corrected chi connectivity index (χ0v) is 18.9. The molecule has 0 spiro atoms. The normalized spacial score (nSPS) is 10.6. The fourth-order valence-corrected chi connectivity index (χ4v) is 3.23. The molecule has 3 aromatic carbocycles. The van der Waals surface area contributed by atoms with E-state index in [4.69, 9.17) is 14.2 Å². The van der Waals surface area contributed by atoms with Gasteiger partial charge in [0.15, 0.2) is 6.61 Å². The minimum absolute atomic E-state index is 0.239. The van der Waals surface area contributed by atoms with Crippen LogP contribution in [-0.4, -0.2) is 25.2 Å². The molecule has 6 heteroatoms. The lowest BCUT2D eigenvalue weighted by atomic mass is 10.1. The Morgan fingerprint density at radius 1 is 0.903 bits per heavy atom. The third kappa shape index (κ3) is 6.69. The maximum Gasteiger partial charge on any atom is 0.349 e. The molecule has 0 unspecified atom stereocenters. The molecular formula is C25H23BrO5. The molecule has 0 aromatic heterocycles. The van der Waals surface area contributed by atoms with Crippen LogP contribution in [0.15, 0.2) is 77.3 Å². The molecule has 0 fully saturated rings. The molecule has 31 heavy (non-hydrogen) atoms. The Morgan fingerprint density at radius 2 is 1.68 bits per heavy atom. The Kier molecular flexibility index (Phi) is 7.84. The van der Waals surface area contributed by atoms with E-state index in [9.17, 15) is 9.59 Å². The van der Waals surface area contributed by atoms with Crippen molar-refractivity contribution in [2.45, 2.75) is 13.8 Å². The minimum atomic E-state index is -0.577. The zero-order chi connectivity index (χ0) is 22.2. The first kappa shape index (κ1) is 22.6. The van der Waals surface area contributed by atoms with Crippen molar-refractivity contribution < 1.29 is 23.8 Å². The number of carbonyl (C=O) groups excluding carboxylic acids is 2. The monoisotopic (exact) mass is 482 g/mol. The highest BCUT2D eigenvalue weighted by Crippen LogP contribution is 2.30. The van der Waals surface area contributed by atoms with Crippen molar-refractivity contribution in [3.8, 4) is 22.6 Å². The van der Waals surface area contributed by atoms with Gasteiger partial charge in [0.2, 0.25) is 0 Å². The van der Waals surface area contributed by atoms with Crippen LogP contribution in [0.5, 0.6) is 11.5 Å². The second-order valence-corrected chi connectivity index (χ2v) is 8.15. The van der Waals surface area contributed by atoms with Gasteiger partial charge in [-0.1, -0.05) is 56.3 Å². The first-order chi connectivity index (χ1) is 14.9. The lowest BCUT2D eigenvalue weighted by Gasteiger charge is -2.11. The smallest absolute Gasteiger partial charge is 0.349 e. The summed E-state index contributed by atoms with van der Waals surface area (Å²) < 4.78 is 16.8. The van der Waals surface area contributed by atoms with Gasteiger partial charge in [-0.25, -0.2) is 9.59 Å². The summed E-state index contributed by atoms with van der Waals surface area (Å²) in [6.07, 6.45) is 0. The van der Waals surface area contributed by atoms with Crippen molar-refractivity contribution in [1.29, 1.82) is 0 Å². The summed E-state index contributed by atoms with van der Waals surface area (Å²) in [7, 11) is 0. The van der Waals surface area contributed by atoms with Gasteiger partial charge in [-0.15, -0.1) is 0 Å². The van der Waals surface area contributed by atoms with E-state index in [0.717, 1.165) is 15.6 Å². The Labute approximate surface area is 190 Å². The topological polar surface area (TPSA) is 61.8 Å². The van der Waals surface area contributed by atoms with E-state index < -0.39 is 11.9 Å². The van der Waals surface area contributed by atoms with Gasteiger partial charge >= 0.3 is 11.9 Å². The largest absolute Gasteiger partial charge is 0.481 e. The second kappa shape index (κ2) is 10.8. The molecule has 0 aliphatic carbocycles. The molecule has 0 bridgehead atoms. The van der Waals surface area contributed by atoms with E-state index in [1.807, 2.05) is 56.3 Å². The number of ether oxygens (including phenoxy) is 3. The third-order valence-corrected chi connectivity index (χ3v) is 4.85. The predicted molar refractivity (Wildman–Crippen MR) is 122 cm³/mol. The van der Waals surface area contributed by atoms with Gasteiger partial charge in [-0.05, 0) is 63.3 Å². The SMILES string of the molecule is CC(C)COC(=O)c1cccc(OC(=O)COc2ccc(-c3ccccc3)cc2Br)c1. The van der Waals surface area contributed by atoms with Crippen molar-refractivity contribution >= 4 is 27.9 Å².